The molecule has 12 nitrogen and oxygen atoms in total. The second-order valence-corrected chi connectivity index (χ2v) is 17.1. The van der Waals surface area contributed by atoms with Crippen LogP contribution in [0.5, 0.6) is 0 Å². The molecule has 0 aromatic rings. The van der Waals surface area contributed by atoms with E-state index < -0.39 is 89.4 Å². The quantitative estimate of drug-likeness (QED) is 0.197. The molecule has 0 bridgehead atoms. The Bertz CT molecular complexity index is 1240. The second-order valence-electron chi connectivity index (χ2n) is 17.1. The molecule has 1 spiro atoms. The molecule has 19 atom stereocenters. The van der Waals surface area contributed by atoms with Crippen molar-refractivity contribution < 1.29 is 59.9 Å². The fourth-order valence-corrected chi connectivity index (χ4v) is 12.1. The van der Waals surface area contributed by atoms with Gasteiger partial charge in [0.25, 0.3) is 0 Å². The Morgan fingerprint density at radius 1 is 0.913 bits per heavy atom. The molecule has 12 heteroatoms. The van der Waals surface area contributed by atoms with Crippen LogP contribution in [0.2, 0.25) is 0 Å². The van der Waals surface area contributed by atoms with E-state index >= 15 is 0 Å². The molecule has 5 saturated carbocycles. The number of carbonyl (C=O) groups excluding carboxylic acids is 1. The van der Waals surface area contributed by atoms with Crippen molar-refractivity contribution in [3.05, 3.63) is 0 Å². The SMILES string of the molecule is CC(C1CC(C)(O)C(C)(O)C(OC2OC(CO)C(O)C(O)C2O)O1)C1(O)CCC2C3CC(O)C45CC4CC(=O)C5(C)C3CCC21C. The van der Waals surface area contributed by atoms with Crippen LogP contribution in [-0.4, -0.2) is 119 Å². The van der Waals surface area contributed by atoms with Gasteiger partial charge in [0.15, 0.2) is 12.6 Å². The summed E-state index contributed by atoms with van der Waals surface area (Å²) in [6.45, 7) is 8.23. The number of fused-ring (bicyclic) bond motifs is 4. The monoisotopic (exact) mass is 654 g/mol. The van der Waals surface area contributed by atoms with Crippen LogP contribution >= 0.6 is 0 Å². The Kier molecular flexibility index (Phi) is 7.61. The summed E-state index contributed by atoms with van der Waals surface area (Å²) in [5, 5.41) is 88.0. The summed E-state index contributed by atoms with van der Waals surface area (Å²) in [7, 11) is 0. The molecule has 8 N–H and O–H groups in total. The normalized spacial score (nSPS) is 61.8. The number of hydrogen-bond acceptors (Lipinski definition) is 12. The summed E-state index contributed by atoms with van der Waals surface area (Å²) in [5.41, 5.74) is -6.38. The van der Waals surface area contributed by atoms with Gasteiger partial charge in [0.2, 0.25) is 0 Å². The van der Waals surface area contributed by atoms with Crippen molar-refractivity contribution in [1.82, 2.24) is 0 Å². The summed E-state index contributed by atoms with van der Waals surface area (Å²) >= 11 is 0. The van der Waals surface area contributed by atoms with E-state index in [4.69, 9.17) is 14.2 Å². The molecule has 19 unspecified atom stereocenters. The predicted octanol–water partition coefficient (Wildman–Crippen LogP) is -0.0204. The van der Waals surface area contributed by atoms with Gasteiger partial charge in [-0.15, -0.1) is 0 Å². The van der Waals surface area contributed by atoms with Gasteiger partial charge >= 0.3 is 0 Å². The fraction of sp³-hybridized carbons (Fsp3) is 0.971. The molecule has 2 saturated heterocycles. The predicted molar refractivity (Wildman–Crippen MR) is 159 cm³/mol. The van der Waals surface area contributed by atoms with E-state index in [0.29, 0.717) is 31.6 Å². The van der Waals surface area contributed by atoms with E-state index in [1.807, 2.05) is 6.92 Å². The minimum Gasteiger partial charge on any atom is -0.394 e. The molecule has 2 aliphatic heterocycles. The van der Waals surface area contributed by atoms with Gasteiger partial charge in [-0.2, -0.15) is 0 Å². The first-order valence-corrected chi connectivity index (χ1v) is 17.3. The van der Waals surface area contributed by atoms with E-state index in [1.54, 1.807) is 0 Å². The van der Waals surface area contributed by atoms with Gasteiger partial charge in [0.05, 0.1) is 30.0 Å². The fourth-order valence-electron chi connectivity index (χ4n) is 12.1. The highest BCUT2D eigenvalue weighted by molar-refractivity contribution is 5.91. The molecule has 262 valence electrons. The molecule has 5 aliphatic carbocycles. The van der Waals surface area contributed by atoms with Crippen LogP contribution in [0.3, 0.4) is 0 Å². The lowest BCUT2D eigenvalue weighted by Crippen LogP contribution is -2.69. The summed E-state index contributed by atoms with van der Waals surface area (Å²) in [4.78, 5) is 13.5. The van der Waals surface area contributed by atoms with Crippen molar-refractivity contribution in [2.24, 2.45) is 45.8 Å². The minimum atomic E-state index is -2.01. The first kappa shape index (κ1) is 33.7. The highest BCUT2D eigenvalue weighted by Crippen LogP contribution is 2.81. The van der Waals surface area contributed by atoms with Gasteiger partial charge in [0.1, 0.15) is 35.8 Å². The third-order valence-corrected chi connectivity index (χ3v) is 15.5. The zero-order chi connectivity index (χ0) is 33.6. The molecule has 0 aromatic carbocycles. The third kappa shape index (κ3) is 4.03. The number of ketones is 1. The van der Waals surface area contributed by atoms with Crippen LogP contribution < -0.4 is 0 Å². The third-order valence-electron chi connectivity index (χ3n) is 15.5. The van der Waals surface area contributed by atoms with Crippen LogP contribution in [0.15, 0.2) is 0 Å². The van der Waals surface area contributed by atoms with Crippen LogP contribution in [0.1, 0.15) is 86.0 Å². The van der Waals surface area contributed by atoms with Crippen molar-refractivity contribution in [3.63, 3.8) is 0 Å². The average molecular weight is 655 g/mol. The highest BCUT2D eigenvalue weighted by Gasteiger charge is 2.81. The Labute approximate surface area is 270 Å². The molecule has 0 amide bonds. The maximum atomic E-state index is 13.5. The number of rotatable bonds is 5. The molecule has 7 rings (SSSR count). The lowest BCUT2D eigenvalue weighted by Gasteiger charge is -2.61. The van der Waals surface area contributed by atoms with Crippen molar-refractivity contribution >= 4 is 5.78 Å². The molecule has 7 aliphatic rings. The largest absolute Gasteiger partial charge is 0.394 e. The molecule has 0 aromatic heterocycles. The van der Waals surface area contributed by atoms with Crippen LogP contribution in [-0.2, 0) is 19.0 Å². The van der Waals surface area contributed by atoms with Gasteiger partial charge in [-0.05, 0) is 81.5 Å². The first-order valence-electron chi connectivity index (χ1n) is 17.3. The zero-order valence-electron chi connectivity index (χ0n) is 27.6. The van der Waals surface area contributed by atoms with Crippen LogP contribution in [0.4, 0.5) is 0 Å². The molecule has 46 heavy (non-hydrogen) atoms. The molecule has 2 heterocycles. The Balaban J connectivity index is 1.14. The summed E-state index contributed by atoms with van der Waals surface area (Å²) < 4.78 is 17.7. The molecular weight excluding hydrogens is 600 g/mol. The number of ether oxygens (including phenoxy) is 3. The zero-order valence-corrected chi connectivity index (χ0v) is 27.6. The van der Waals surface area contributed by atoms with Crippen molar-refractivity contribution in [1.29, 1.82) is 0 Å². The lowest BCUT2D eigenvalue weighted by atomic mass is 9.44. The van der Waals surface area contributed by atoms with E-state index in [9.17, 15) is 45.6 Å². The maximum Gasteiger partial charge on any atom is 0.192 e. The Hall–Kier alpha value is -0.770. The van der Waals surface area contributed by atoms with Crippen LogP contribution in [0, 0.1) is 45.8 Å². The summed E-state index contributed by atoms with van der Waals surface area (Å²) in [6, 6.07) is 0. The number of hydrogen-bond donors (Lipinski definition) is 8. The minimum absolute atomic E-state index is 0.0278. The van der Waals surface area contributed by atoms with Crippen molar-refractivity contribution in [3.8, 4) is 0 Å². The van der Waals surface area contributed by atoms with E-state index in [0.717, 1.165) is 19.3 Å². The second kappa shape index (κ2) is 10.4. The van der Waals surface area contributed by atoms with Gasteiger partial charge < -0.3 is 55.1 Å². The lowest BCUT2D eigenvalue weighted by molar-refractivity contribution is -0.400. The standard InChI is InChI=1S/C34H54O12/c1-15(20-13-30(3,41)32(5,42)28(45-20)46-27-26(40)25(39)24(38)21(14-35)44-27)34(43)9-7-18-17-11-23(37)33-12-16(33)10-22(36)31(33,4)19(17)6-8-29(18,34)2/h15-21,23-28,35,37-43H,6-14H2,1-5H3. The van der Waals surface area contributed by atoms with Gasteiger partial charge in [-0.3, -0.25) is 4.79 Å². The smallest absolute Gasteiger partial charge is 0.192 e. The number of carbonyl (C=O) groups is 1. The summed E-state index contributed by atoms with van der Waals surface area (Å²) in [5.74, 6) is 0.400. The van der Waals surface area contributed by atoms with Crippen molar-refractivity contribution in [2.45, 2.75) is 152 Å². The molecule has 0 radical (unpaired) electrons. The van der Waals surface area contributed by atoms with E-state index in [1.165, 1.54) is 13.8 Å². The highest BCUT2D eigenvalue weighted by atomic mass is 16.8. The van der Waals surface area contributed by atoms with E-state index in [2.05, 4.69) is 13.8 Å². The molecular formula is C34H54O12. The number of Topliss-reactive ketones (excluding diaryl/α,β-unsaturated/α-hetero) is 1. The number of aliphatic hydroxyl groups excluding tert-OH is 5. The van der Waals surface area contributed by atoms with Crippen molar-refractivity contribution in [2.75, 3.05) is 6.61 Å². The van der Waals surface area contributed by atoms with Gasteiger partial charge in [-0.1, -0.05) is 20.8 Å². The number of aliphatic hydroxyl groups is 8. The van der Waals surface area contributed by atoms with E-state index in [-0.39, 0.29) is 35.4 Å². The Morgan fingerprint density at radius 3 is 2.26 bits per heavy atom. The topological polar surface area (TPSA) is 207 Å². The Morgan fingerprint density at radius 2 is 1.59 bits per heavy atom. The van der Waals surface area contributed by atoms with Crippen LogP contribution in [0.25, 0.3) is 0 Å². The van der Waals surface area contributed by atoms with Gasteiger partial charge in [0, 0.05) is 29.6 Å². The molecule has 7 fully saturated rings. The summed E-state index contributed by atoms with van der Waals surface area (Å²) in [6.07, 6.45) is -5.96. The average Bonchev–Trinajstić information content (AvgIpc) is 3.57. The first-order chi connectivity index (χ1) is 21.3. The van der Waals surface area contributed by atoms with Gasteiger partial charge in [-0.25, -0.2) is 0 Å². The maximum absolute atomic E-state index is 13.5.